The van der Waals surface area contributed by atoms with Crippen molar-refractivity contribution in [1.29, 1.82) is 0 Å². The molecule has 0 aromatic heterocycles. The lowest BCUT2D eigenvalue weighted by Gasteiger charge is -2.47. The van der Waals surface area contributed by atoms with Crippen LogP contribution in [0.25, 0.3) is 0 Å². The van der Waals surface area contributed by atoms with Gasteiger partial charge in [-0.25, -0.2) is 0 Å². The maximum absolute atomic E-state index is 6.69. The molecule has 0 heterocycles. The second kappa shape index (κ2) is 11.1. The molecule has 0 amide bonds. The first-order chi connectivity index (χ1) is 13.6. The first-order valence-corrected chi connectivity index (χ1v) is 13.3. The minimum absolute atomic E-state index is 0.00137. The fraction of sp³-hybridized carbons (Fsp3) is 1.00. The van der Waals surface area contributed by atoms with Crippen LogP contribution in [0.4, 0.5) is 0 Å². The summed E-state index contributed by atoms with van der Waals surface area (Å²) in [6.07, 6.45) is 5.20. The standard InChI is InChI=1S/C27H56O3S/c1-21(20-24(7,8)25(9,10)28-18-16-22(2,3)4)30-26(11,12)23(5,6)17-19-29-27(13,14)31-15/h21H,16-20H2,1-15H3. The molecule has 0 spiro atoms. The van der Waals surface area contributed by atoms with Gasteiger partial charge in [-0.1, -0.05) is 48.5 Å². The van der Waals surface area contributed by atoms with Crippen LogP contribution in [-0.4, -0.2) is 41.7 Å². The second-order valence-corrected chi connectivity index (χ2v) is 14.7. The predicted octanol–water partition coefficient (Wildman–Crippen LogP) is 8.35. The molecule has 0 radical (unpaired) electrons. The monoisotopic (exact) mass is 460 g/mol. The van der Waals surface area contributed by atoms with E-state index in [0.717, 1.165) is 32.5 Å². The van der Waals surface area contributed by atoms with Crippen LogP contribution in [0.15, 0.2) is 0 Å². The second-order valence-electron chi connectivity index (χ2n) is 13.3. The molecule has 31 heavy (non-hydrogen) atoms. The van der Waals surface area contributed by atoms with E-state index in [-0.39, 0.29) is 33.1 Å². The summed E-state index contributed by atoms with van der Waals surface area (Å²) < 4.78 is 19.2. The summed E-state index contributed by atoms with van der Waals surface area (Å²) in [4.78, 5) is -0.142. The average molecular weight is 461 g/mol. The van der Waals surface area contributed by atoms with Crippen LogP contribution in [-0.2, 0) is 14.2 Å². The molecule has 0 aliphatic heterocycles. The number of hydrogen-bond acceptors (Lipinski definition) is 4. The summed E-state index contributed by atoms with van der Waals surface area (Å²) in [6.45, 7) is 32.9. The zero-order valence-electron chi connectivity index (χ0n) is 23.7. The van der Waals surface area contributed by atoms with Crippen LogP contribution in [0.2, 0.25) is 0 Å². The smallest absolute Gasteiger partial charge is 0.107 e. The van der Waals surface area contributed by atoms with Gasteiger partial charge in [-0.15, -0.1) is 11.8 Å². The minimum Gasteiger partial charge on any atom is -0.375 e. The third-order valence-electron chi connectivity index (χ3n) is 7.54. The first kappa shape index (κ1) is 31.2. The van der Waals surface area contributed by atoms with E-state index < -0.39 is 0 Å². The van der Waals surface area contributed by atoms with Gasteiger partial charge in [-0.3, -0.25) is 0 Å². The molecule has 0 aliphatic rings. The van der Waals surface area contributed by atoms with Crippen molar-refractivity contribution >= 4 is 11.8 Å². The third-order valence-corrected chi connectivity index (χ3v) is 8.64. The summed E-state index contributed by atoms with van der Waals surface area (Å²) >= 11 is 1.75. The van der Waals surface area contributed by atoms with Gasteiger partial charge in [0.2, 0.25) is 0 Å². The number of thioether (sulfide) groups is 1. The molecular weight excluding hydrogens is 404 g/mol. The quantitative estimate of drug-likeness (QED) is 0.243. The molecule has 3 nitrogen and oxygen atoms in total. The Morgan fingerprint density at radius 1 is 0.645 bits per heavy atom. The fourth-order valence-electron chi connectivity index (χ4n) is 3.39. The Hall–Kier alpha value is 0.230. The van der Waals surface area contributed by atoms with Crippen molar-refractivity contribution in [2.45, 2.75) is 138 Å². The van der Waals surface area contributed by atoms with Gasteiger partial charge in [0.05, 0.1) is 17.3 Å². The molecule has 0 rings (SSSR count). The zero-order valence-corrected chi connectivity index (χ0v) is 24.6. The normalized spacial score (nSPS) is 16.0. The highest BCUT2D eigenvalue weighted by Gasteiger charge is 2.43. The van der Waals surface area contributed by atoms with Crippen molar-refractivity contribution in [1.82, 2.24) is 0 Å². The predicted molar refractivity (Wildman–Crippen MR) is 139 cm³/mol. The maximum atomic E-state index is 6.69. The van der Waals surface area contributed by atoms with Gasteiger partial charge in [0, 0.05) is 13.2 Å². The molecule has 0 fully saturated rings. The molecule has 0 aliphatic carbocycles. The summed E-state index contributed by atoms with van der Waals surface area (Å²) in [5, 5.41) is 0. The molecule has 0 N–H and O–H groups in total. The summed E-state index contributed by atoms with van der Waals surface area (Å²) in [6, 6.07) is 0. The van der Waals surface area contributed by atoms with Gasteiger partial charge < -0.3 is 14.2 Å². The van der Waals surface area contributed by atoms with E-state index in [2.05, 4.69) is 103 Å². The van der Waals surface area contributed by atoms with E-state index in [4.69, 9.17) is 14.2 Å². The molecule has 0 aromatic rings. The van der Waals surface area contributed by atoms with Crippen LogP contribution in [0.1, 0.15) is 116 Å². The van der Waals surface area contributed by atoms with Gasteiger partial charge in [-0.05, 0) is 90.2 Å². The molecule has 0 saturated carbocycles. The van der Waals surface area contributed by atoms with Gasteiger partial charge >= 0.3 is 0 Å². The number of ether oxygens (including phenoxy) is 3. The van der Waals surface area contributed by atoms with Gasteiger partial charge in [0.1, 0.15) is 4.93 Å². The van der Waals surface area contributed by atoms with E-state index in [1.54, 1.807) is 11.8 Å². The summed E-state index contributed by atoms with van der Waals surface area (Å²) in [5.74, 6) is 0. The van der Waals surface area contributed by atoms with Gasteiger partial charge in [-0.2, -0.15) is 0 Å². The van der Waals surface area contributed by atoms with E-state index in [0.29, 0.717) is 5.41 Å². The van der Waals surface area contributed by atoms with Crippen molar-refractivity contribution in [3.05, 3.63) is 0 Å². The van der Waals surface area contributed by atoms with Crippen LogP contribution in [0.3, 0.4) is 0 Å². The van der Waals surface area contributed by atoms with E-state index in [9.17, 15) is 0 Å². The lowest BCUT2D eigenvalue weighted by atomic mass is 9.72. The van der Waals surface area contributed by atoms with Crippen molar-refractivity contribution in [3.63, 3.8) is 0 Å². The topological polar surface area (TPSA) is 27.7 Å². The lowest BCUT2D eigenvalue weighted by Crippen LogP contribution is -2.48. The Bertz CT molecular complexity index is 527. The molecule has 4 heteroatoms. The molecule has 1 atom stereocenters. The van der Waals surface area contributed by atoms with Crippen molar-refractivity contribution in [2.75, 3.05) is 19.5 Å². The highest BCUT2D eigenvalue weighted by atomic mass is 32.2. The van der Waals surface area contributed by atoms with Gasteiger partial charge in [0.15, 0.2) is 0 Å². The van der Waals surface area contributed by atoms with Crippen molar-refractivity contribution in [2.24, 2.45) is 16.2 Å². The number of rotatable bonds is 14. The van der Waals surface area contributed by atoms with E-state index >= 15 is 0 Å². The van der Waals surface area contributed by atoms with E-state index in [1.165, 1.54) is 0 Å². The summed E-state index contributed by atoms with van der Waals surface area (Å²) in [5.41, 5.74) is -0.186. The highest BCUT2D eigenvalue weighted by Crippen LogP contribution is 2.43. The molecular formula is C27H56O3S. The molecule has 188 valence electrons. The van der Waals surface area contributed by atoms with Crippen molar-refractivity contribution in [3.8, 4) is 0 Å². The molecule has 1 unspecified atom stereocenters. The maximum Gasteiger partial charge on any atom is 0.107 e. The lowest BCUT2D eigenvalue weighted by molar-refractivity contribution is -0.167. The fourth-order valence-corrected chi connectivity index (χ4v) is 3.59. The molecule has 0 bridgehead atoms. The third kappa shape index (κ3) is 10.8. The van der Waals surface area contributed by atoms with Crippen LogP contribution >= 0.6 is 11.8 Å². The molecule has 0 aromatic carbocycles. The average Bonchev–Trinajstić information content (AvgIpc) is 2.51. The zero-order chi connectivity index (χ0) is 24.9. The SMILES string of the molecule is CSC(C)(C)OCCC(C)(C)C(C)(C)OC(C)CC(C)(C)C(C)(C)OCCC(C)(C)C. The number of hydrogen-bond donors (Lipinski definition) is 0. The Balaban J connectivity index is 4.95. The van der Waals surface area contributed by atoms with Crippen molar-refractivity contribution < 1.29 is 14.2 Å². The Labute approximate surface area is 200 Å². The van der Waals surface area contributed by atoms with Crippen LogP contribution in [0.5, 0.6) is 0 Å². The minimum atomic E-state index is -0.257. The highest BCUT2D eigenvalue weighted by molar-refractivity contribution is 7.99. The first-order valence-electron chi connectivity index (χ1n) is 12.1. The Kier molecular flexibility index (Phi) is 11.2. The Morgan fingerprint density at radius 3 is 1.58 bits per heavy atom. The van der Waals surface area contributed by atoms with Gasteiger partial charge in [0.25, 0.3) is 0 Å². The Morgan fingerprint density at radius 2 is 1.13 bits per heavy atom. The van der Waals surface area contributed by atoms with E-state index in [1.807, 2.05) is 0 Å². The van der Waals surface area contributed by atoms with Crippen LogP contribution < -0.4 is 0 Å². The van der Waals surface area contributed by atoms with Crippen LogP contribution in [0, 0.1) is 16.2 Å². The molecule has 0 saturated heterocycles. The largest absolute Gasteiger partial charge is 0.375 e. The summed E-state index contributed by atoms with van der Waals surface area (Å²) in [7, 11) is 0.